The Hall–Kier alpha value is -1.10. The smallest absolute Gasteiger partial charge is 0.303 e. The van der Waals surface area contributed by atoms with E-state index in [1.54, 1.807) is 6.92 Å². The maximum absolute atomic E-state index is 12.9. The van der Waals surface area contributed by atoms with Gasteiger partial charge in [0.1, 0.15) is 0 Å². The van der Waals surface area contributed by atoms with Crippen LogP contribution in [-0.4, -0.2) is 25.7 Å². The number of allylic oxidation sites excluding steroid dienone is 2. The van der Waals surface area contributed by atoms with Crippen molar-refractivity contribution in [1.29, 1.82) is 0 Å². The summed E-state index contributed by atoms with van der Waals surface area (Å²) in [5, 5.41) is 0. The summed E-state index contributed by atoms with van der Waals surface area (Å²) in [6.45, 7) is 17.1. The Labute approximate surface area is 196 Å². The number of hydrogen-bond donors (Lipinski definition) is 0. The van der Waals surface area contributed by atoms with E-state index in [2.05, 4.69) is 46.5 Å². The summed E-state index contributed by atoms with van der Waals surface area (Å²) >= 11 is 0. The van der Waals surface area contributed by atoms with Crippen molar-refractivity contribution in [1.82, 2.24) is 0 Å². The summed E-state index contributed by atoms with van der Waals surface area (Å²) in [4.78, 5) is 25.0. The highest BCUT2D eigenvalue weighted by molar-refractivity contribution is 6.70. The predicted molar refractivity (Wildman–Crippen MR) is 129 cm³/mol. The van der Waals surface area contributed by atoms with Crippen molar-refractivity contribution >= 4 is 20.1 Å². The van der Waals surface area contributed by atoms with Crippen molar-refractivity contribution in [3.63, 3.8) is 0 Å². The molecule has 5 heteroatoms. The van der Waals surface area contributed by atoms with Gasteiger partial charge >= 0.3 is 5.97 Å². The highest BCUT2D eigenvalue weighted by atomic mass is 28.4. The minimum absolute atomic E-state index is 0.0397. The number of esters is 1. The molecular weight excluding hydrogens is 416 g/mol. The van der Waals surface area contributed by atoms with E-state index < -0.39 is 13.9 Å². The quantitative estimate of drug-likeness (QED) is 0.354. The lowest BCUT2D eigenvalue weighted by Crippen LogP contribution is -2.60. The van der Waals surface area contributed by atoms with Crippen LogP contribution in [0, 0.1) is 40.4 Å². The van der Waals surface area contributed by atoms with Crippen LogP contribution < -0.4 is 0 Å². The van der Waals surface area contributed by atoms with Crippen LogP contribution >= 0.6 is 0 Å². The second-order valence-corrected chi connectivity index (χ2v) is 17.4. The molecule has 32 heavy (non-hydrogen) atoms. The minimum Gasteiger partial charge on any atom is -0.548 e. The van der Waals surface area contributed by atoms with Crippen molar-refractivity contribution in [2.45, 2.75) is 105 Å². The van der Waals surface area contributed by atoms with E-state index in [-0.39, 0.29) is 17.2 Å². The second-order valence-electron chi connectivity index (χ2n) is 12.9. The van der Waals surface area contributed by atoms with Crippen molar-refractivity contribution < 1.29 is 18.8 Å². The average molecular weight is 461 g/mol. The lowest BCUT2D eigenvalue weighted by atomic mass is 9.43. The molecule has 3 saturated carbocycles. The van der Waals surface area contributed by atoms with Crippen molar-refractivity contribution in [3.05, 3.63) is 11.8 Å². The zero-order valence-corrected chi connectivity index (χ0v) is 22.5. The summed E-state index contributed by atoms with van der Waals surface area (Å²) in [6.07, 6.45) is 9.76. The number of ketones is 1. The molecule has 4 aliphatic carbocycles. The SMILES string of the molecule is CC(=O)O[C@]1(C(C)=O)CC[C@H]2[C@@H]3C[C@H](C)C4C=C(O[Si](C)(C)C)CC[C@]4(C)[C@H]3CC[C@@]21C. The van der Waals surface area contributed by atoms with Crippen molar-refractivity contribution in [3.8, 4) is 0 Å². The number of rotatable bonds is 4. The molecular formula is C27H44O4Si. The molecule has 180 valence electrons. The third-order valence-corrected chi connectivity index (χ3v) is 10.9. The van der Waals surface area contributed by atoms with Gasteiger partial charge in [-0.3, -0.25) is 9.59 Å². The lowest BCUT2D eigenvalue weighted by molar-refractivity contribution is -0.191. The molecule has 0 saturated heterocycles. The summed E-state index contributed by atoms with van der Waals surface area (Å²) in [5.41, 5.74) is -0.885. The maximum Gasteiger partial charge on any atom is 0.303 e. The fourth-order valence-electron chi connectivity index (χ4n) is 8.83. The average Bonchev–Trinajstić information content (AvgIpc) is 2.95. The fourth-order valence-corrected chi connectivity index (χ4v) is 9.79. The zero-order valence-electron chi connectivity index (χ0n) is 21.5. The summed E-state index contributed by atoms with van der Waals surface area (Å²) < 4.78 is 12.4. The summed E-state index contributed by atoms with van der Waals surface area (Å²) in [6, 6.07) is 0. The van der Waals surface area contributed by atoms with Gasteiger partial charge < -0.3 is 9.16 Å². The molecule has 8 atom stereocenters. The minimum atomic E-state index is -1.59. The number of Topliss-reactive ketones (excluding diaryl/α,β-unsaturated/α-hetero) is 1. The molecule has 0 heterocycles. The first-order chi connectivity index (χ1) is 14.7. The first-order valence-electron chi connectivity index (χ1n) is 12.8. The molecule has 0 spiro atoms. The van der Waals surface area contributed by atoms with Gasteiger partial charge in [-0.1, -0.05) is 20.8 Å². The van der Waals surface area contributed by atoms with Gasteiger partial charge in [-0.15, -0.1) is 0 Å². The first-order valence-corrected chi connectivity index (χ1v) is 16.2. The number of fused-ring (bicyclic) bond motifs is 5. The van der Waals surface area contributed by atoms with Crippen LogP contribution in [0.2, 0.25) is 19.6 Å². The van der Waals surface area contributed by atoms with Gasteiger partial charge in [-0.2, -0.15) is 0 Å². The van der Waals surface area contributed by atoms with Crippen LogP contribution in [0.25, 0.3) is 0 Å². The molecule has 0 amide bonds. The third kappa shape index (κ3) is 3.52. The third-order valence-electron chi connectivity index (χ3n) is 10.0. The predicted octanol–water partition coefficient (Wildman–Crippen LogP) is 6.51. The van der Waals surface area contributed by atoms with Gasteiger partial charge in [-0.05, 0) is 106 Å². The Balaban J connectivity index is 1.65. The van der Waals surface area contributed by atoms with Gasteiger partial charge in [0.15, 0.2) is 11.4 Å². The van der Waals surface area contributed by atoms with E-state index in [0.29, 0.717) is 41.4 Å². The van der Waals surface area contributed by atoms with E-state index in [1.807, 2.05) is 0 Å². The van der Waals surface area contributed by atoms with E-state index >= 15 is 0 Å². The summed E-state index contributed by atoms with van der Waals surface area (Å²) in [5.74, 6) is 3.86. The molecule has 1 unspecified atom stereocenters. The molecule has 0 aromatic heterocycles. The Morgan fingerprint density at radius 1 is 1.03 bits per heavy atom. The molecule has 4 rings (SSSR count). The molecule has 0 aromatic rings. The molecule has 0 aliphatic heterocycles. The maximum atomic E-state index is 12.9. The number of hydrogen-bond acceptors (Lipinski definition) is 4. The molecule has 0 aromatic carbocycles. The van der Waals surface area contributed by atoms with Crippen LogP contribution in [-0.2, 0) is 18.8 Å². The van der Waals surface area contributed by atoms with Crippen LogP contribution in [0.1, 0.15) is 79.6 Å². The molecule has 0 radical (unpaired) electrons. The zero-order chi connectivity index (χ0) is 23.7. The summed E-state index contributed by atoms with van der Waals surface area (Å²) in [7, 11) is -1.59. The Kier molecular flexibility index (Phi) is 5.79. The second kappa shape index (κ2) is 7.71. The Bertz CT molecular complexity index is 828. The Morgan fingerprint density at radius 2 is 1.69 bits per heavy atom. The standard InChI is InChI=1S/C27H44O4Si/c1-17-15-21-22(25(4)12-9-20(16-24(17)25)31-32(6,7)8)10-13-26(5)23(21)11-14-27(26,18(2)28)30-19(3)29/h16-17,21-24H,9-15H2,1-8H3/t17-,21+,22-,23-,24?,25+,26-,27-/m0/s1. The fraction of sp³-hybridized carbons (Fsp3) is 0.852. The van der Waals surface area contributed by atoms with Gasteiger partial charge in [0.05, 0.1) is 5.76 Å². The largest absolute Gasteiger partial charge is 0.548 e. The first kappa shape index (κ1) is 24.0. The normalized spacial score (nSPS) is 45.8. The highest BCUT2D eigenvalue weighted by Crippen LogP contribution is 2.69. The van der Waals surface area contributed by atoms with Gasteiger partial charge in [0.25, 0.3) is 0 Å². The highest BCUT2D eigenvalue weighted by Gasteiger charge is 2.68. The molecule has 0 bridgehead atoms. The van der Waals surface area contributed by atoms with Gasteiger partial charge in [0.2, 0.25) is 8.32 Å². The molecule has 0 N–H and O–H groups in total. The van der Waals surface area contributed by atoms with Crippen LogP contribution in [0.3, 0.4) is 0 Å². The van der Waals surface area contributed by atoms with E-state index in [9.17, 15) is 9.59 Å². The van der Waals surface area contributed by atoms with Gasteiger partial charge in [-0.25, -0.2) is 0 Å². The van der Waals surface area contributed by atoms with Crippen LogP contribution in [0.15, 0.2) is 11.8 Å². The molecule has 4 nitrogen and oxygen atoms in total. The van der Waals surface area contributed by atoms with E-state index in [4.69, 9.17) is 9.16 Å². The molecule has 4 aliphatic rings. The van der Waals surface area contributed by atoms with Crippen molar-refractivity contribution in [2.24, 2.45) is 40.4 Å². The number of carbonyl (C=O) groups excluding carboxylic acids is 2. The topological polar surface area (TPSA) is 52.6 Å². The monoisotopic (exact) mass is 460 g/mol. The lowest BCUT2D eigenvalue weighted by Gasteiger charge is -2.62. The molecule has 3 fully saturated rings. The number of ether oxygens (including phenoxy) is 1. The van der Waals surface area contributed by atoms with E-state index in [1.165, 1.54) is 25.5 Å². The van der Waals surface area contributed by atoms with Crippen molar-refractivity contribution in [2.75, 3.05) is 0 Å². The van der Waals surface area contributed by atoms with Crippen LogP contribution in [0.5, 0.6) is 0 Å². The van der Waals surface area contributed by atoms with Gasteiger partial charge in [0, 0.05) is 18.8 Å². The van der Waals surface area contributed by atoms with E-state index in [0.717, 1.165) is 25.7 Å². The Morgan fingerprint density at radius 3 is 2.28 bits per heavy atom. The van der Waals surface area contributed by atoms with Crippen LogP contribution in [0.4, 0.5) is 0 Å². The number of carbonyl (C=O) groups is 2.